The summed E-state index contributed by atoms with van der Waals surface area (Å²) in [5.41, 5.74) is 2.58. The van der Waals surface area contributed by atoms with E-state index in [0.29, 0.717) is 0 Å². The van der Waals surface area contributed by atoms with Crippen molar-refractivity contribution >= 4 is 73.6 Å². The lowest BCUT2D eigenvalue weighted by Gasteiger charge is -2.08. The second kappa shape index (κ2) is 5.66. The van der Waals surface area contributed by atoms with Crippen LogP contribution in [0.5, 0.6) is 0 Å². The molecule has 0 aliphatic carbocycles. The van der Waals surface area contributed by atoms with E-state index in [4.69, 9.17) is 23.2 Å². The Balaban J connectivity index is 1.94. The standard InChI is InChI=1S/C12H9BrCl2S3/c13-11(7-4-10(14)18-12(7)15)9-3-6-5-16-2-1-8(6)17-9/h3-4,11H,1-2,5H2. The molecule has 96 valence electrons. The van der Waals surface area contributed by atoms with Crippen LogP contribution in [0.2, 0.25) is 8.67 Å². The van der Waals surface area contributed by atoms with Gasteiger partial charge in [-0.15, -0.1) is 22.7 Å². The molecule has 3 heterocycles. The number of alkyl halides is 1. The van der Waals surface area contributed by atoms with E-state index in [1.807, 2.05) is 29.2 Å². The third-order valence-corrected chi connectivity index (χ3v) is 7.97. The predicted molar refractivity (Wildman–Crippen MR) is 89.3 cm³/mol. The molecule has 0 spiro atoms. The molecular formula is C12H9BrCl2S3. The number of hydrogen-bond acceptors (Lipinski definition) is 3. The van der Waals surface area contributed by atoms with Gasteiger partial charge in [-0.05, 0) is 29.9 Å². The summed E-state index contributed by atoms with van der Waals surface area (Å²) in [5.74, 6) is 2.38. The highest BCUT2D eigenvalue weighted by atomic mass is 79.9. The van der Waals surface area contributed by atoms with Gasteiger partial charge in [-0.2, -0.15) is 11.8 Å². The Morgan fingerprint density at radius 1 is 1.22 bits per heavy atom. The van der Waals surface area contributed by atoms with Gasteiger partial charge in [0, 0.05) is 21.1 Å². The summed E-state index contributed by atoms with van der Waals surface area (Å²) in [4.78, 5) is 3.03. The van der Waals surface area contributed by atoms with Crippen LogP contribution >= 0.6 is 73.6 Å². The van der Waals surface area contributed by atoms with Crippen molar-refractivity contribution in [2.75, 3.05) is 5.75 Å². The largest absolute Gasteiger partial charge is 0.157 e. The number of aryl methyl sites for hydroxylation is 1. The summed E-state index contributed by atoms with van der Waals surface area (Å²) < 4.78 is 1.53. The van der Waals surface area contributed by atoms with E-state index in [-0.39, 0.29) is 4.83 Å². The third kappa shape index (κ3) is 2.65. The summed E-state index contributed by atoms with van der Waals surface area (Å²) in [7, 11) is 0. The Morgan fingerprint density at radius 3 is 2.72 bits per heavy atom. The van der Waals surface area contributed by atoms with E-state index in [9.17, 15) is 0 Å². The maximum atomic E-state index is 6.22. The van der Waals surface area contributed by atoms with Gasteiger partial charge in [0.05, 0.1) is 13.5 Å². The minimum Gasteiger partial charge on any atom is -0.157 e. The molecule has 0 nitrogen and oxygen atoms in total. The van der Waals surface area contributed by atoms with Crippen LogP contribution in [0.15, 0.2) is 12.1 Å². The van der Waals surface area contributed by atoms with Crippen LogP contribution in [0.1, 0.15) is 25.7 Å². The van der Waals surface area contributed by atoms with Crippen molar-refractivity contribution in [1.29, 1.82) is 0 Å². The molecule has 18 heavy (non-hydrogen) atoms. The van der Waals surface area contributed by atoms with Crippen molar-refractivity contribution in [3.8, 4) is 0 Å². The zero-order chi connectivity index (χ0) is 12.7. The molecule has 0 amide bonds. The average molecular weight is 400 g/mol. The molecule has 2 aromatic heterocycles. The molecule has 0 aromatic carbocycles. The Hall–Kier alpha value is 0.810. The minimum atomic E-state index is 0.161. The molecule has 0 saturated carbocycles. The molecule has 2 aromatic rings. The van der Waals surface area contributed by atoms with Crippen molar-refractivity contribution in [3.63, 3.8) is 0 Å². The molecule has 1 unspecified atom stereocenters. The fraction of sp³-hybridized carbons (Fsp3) is 0.333. The second-order valence-electron chi connectivity index (χ2n) is 4.04. The molecule has 6 heteroatoms. The Labute approximate surface area is 137 Å². The number of thiophene rings is 2. The summed E-state index contributed by atoms with van der Waals surface area (Å²) >= 11 is 21.3. The monoisotopic (exact) mass is 398 g/mol. The zero-order valence-electron chi connectivity index (χ0n) is 9.21. The lowest BCUT2D eigenvalue weighted by atomic mass is 10.1. The predicted octanol–water partition coefficient (Wildman–Crippen LogP) is 6.39. The van der Waals surface area contributed by atoms with E-state index in [1.54, 1.807) is 0 Å². The number of fused-ring (bicyclic) bond motifs is 1. The van der Waals surface area contributed by atoms with Crippen molar-refractivity contribution in [2.24, 2.45) is 0 Å². The first-order chi connectivity index (χ1) is 8.65. The van der Waals surface area contributed by atoms with E-state index in [1.165, 1.54) is 38.8 Å². The average Bonchev–Trinajstić information content (AvgIpc) is 2.91. The summed E-state index contributed by atoms with van der Waals surface area (Å²) in [6, 6.07) is 4.27. The smallest absolute Gasteiger partial charge is 0.0991 e. The van der Waals surface area contributed by atoms with Crippen molar-refractivity contribution < 1.29 is 0 Å². The lowest BCUT2D eigenvalue weighted by molar-refractivity contribution is 1.13. The van der Waals surface area contributed by atoms with E-state index in [0.717, 1.165) is 20.0 Å². The fourth-order valence-electron chi connectivity index (χ4n) is 1.97. The highest BCUT2D eigenvalue weighted by Crippen LogP contribution is 2.45. The van der Waals surface area contributed by atoms with Crippen LogP contribution in [0.3, 0.4) is 0 Å². The van der Waals surface area contributed by atoms with Crippen LogP contribution in [0.25, 0.3) is 0 Å². The molecule has 0 saturated heterocycles. The quantitative estimate of drug-likeness (QED) is 0.527. The summed E-state index contributed by atoms with van der Waals surface area (Å²) in [6.07, 6.45) is 1.20. The molecule has 0 N–H and O–H groups in total. The normalized spacial score (nSPS) is 16.6. The van der Waals surface area contributed by atoms with Gasteiger partial charge >= 0.3 is 0 Å². The van der Waals surface area contributed by atoms with Gasteiger partial charge in [-0.1, -0.05) is 39.1 Å². The molecular weight excluding hydrogens is 391 g/mol. The van der Waals surface area contributed by atoms with Gasteiger partial charge in [-0.3, -0.25) is 0 Å². The van der Waals surface area contributed by atoms with E-state index in [2.05, 4.69) is 22.0 Å². The Morgan fingerprint density at radius 2 is 2.06 bits per heavy atom. The summed E-state index contributed by atoms with van der Waals surface area (Å²) in [6.45, 7) is 0. The number of thioether (sulfide) groups is 1. The number of rotatable bonds is 2. The second-order valence-corrected chi connectivity index (χ2v) is 9.52. The third-order valence-electron chi connectivity index (χ3n) is 2.85. The highest BCUT2D eigenvalue weighted by molar-refractivity contribution is 9.09. The maximum absolute atomic E-state index is 6.22. The minimum absolute atomic E-state index is 0.161. The molecule has 1 aliphatic rings. The first-order valence-corrected chi connectivity index (χ1v) is 9.89. The van der Waals surface area contributed by atoms with Crippen LogP contribution in [0, 0.1) is 0 Å². The summed E-state index contributed by atoms with van der Waals surface area (Å²) in [5, 5.41) is 0. The van der Waals surface area contributed by atoms with Gasteiger partial charge in [0.2, 0.25) is 0 Å². The van der Waals surface area contributed by atoms with Gasteiger partial charge < -0.3 is 0 Å². The molecule has 1 aliphatic heterocycles. The van der Waals surface area contributed by atoms with E-state index < -0.39 is 0 Å². The van der Waals surface area contributed by atoms with Crippen molar-refractivity contribution in [1.82, 2.24) is 0 Å². The Kier molecular flexibility index (Phi) is 4.33. The van der Waals surface area contributed by atoms with Gasteiger partial charge in [0.1, 0.15) is 0 Å². The molecule has 1 atom stereocenters. The maximum Gasteiger partial charge on any atom is 0.0991 e. The van der Waals surface area contributed by atoms with Crippen molar-refractivity contribution in [2.45, 2.75) is 17.0 Å². The molecule has 0 fully saturated rings. The number of hydrogen-bond donors (Lipinski definition) is 0. The van der Waals surface area contributed by atoms with Crippen LogP contribution in [0.4, 0.5) is 0 Å². The Bertz CT molecular complexity index is 552. The zero-order valence-corrected chi connectivity index (χ0v) is 14.8. The van der Waals surface area contributed by atoms with Gasteiger partial charge in [0.15, 0.2) is 0 Å². The topological polar surface area (TPSA) is 0 Å². The molecule has 3 rings (SSSR count). The fourth-order valence-corrected chi connectivity index (χ4v) is 6.94. The molecule has 0 radical (unpaired) electrons. The number of halogens is 3. The van der Waals surface area contributed by atoms with Crippen LogP contribution < -0.4 is 0 Å². The first kappa shape index (κ1) is 13.8. The van der Waals surface area contributed by atoms with Crippen LogP contribution in [-0.2, 0) is 12.2 Å². The van der Waals surface area contributed by atoms with Crippen molar-refractivity contribution in [3.05, 3.63) is 41.7 Å². The lowest BCUT2D eigenvalue weighted by Crippen LogP contribution is -1.96. The highest BCUT2D eigenvalue weighted by Gasteiger charge is 2.21. The van der Waals surface area contributed by atoms with Gasteiger partial charge in [0.25, 0.3) is 0 Å². The first-order valence-electron chi connectivity index (χ1n) is 5.43. The van der Waals surface area contributed by atoms with E-state index >= 15 is 0 Å². The molecule has 0 bridgehead atoms. The van der Waals surface area contributed by atoms with Crippen LogP contribution in [-0.4, -0.2) is 5.75 Å². The SMILES string of the molecule is Clc1cc(C(Br)c2cc3c(s2)CCSC3)c(Cl)s1. The van der Waals surface area contributed by atoms with Gasteiger partial charge in [-0.25, -0.2) is 0 Å².